The van der Waals surface area contributed by atoms with Gasteiger partial charge in [0.05, 0.1) is 42.3 Å². The van der Waals surface area contributed by atoms with E-state index in [1.807, 2.05) is 42.9 Å². The first-order chi connectivity index (χ1) is 17.2. The summed E-state index contributed by atoms with van der Waals surface area (Å²) in [5.41, 5.74) is 4.10. The van der Waals surface area contributed by atoms with Crippen LogP contribution >= 0.6 is 24.8 Å². The summed E-state index contributed by atoms with van der Waals surface area (Å²) in [7, 11) is 0. The molecule has 37 heavy (non-hydrogen) atoms. The summed E-state index contributed by atoms with van der Waals surface area (Å²) in [5, 5.41) is 9.04. The lowest BCUT2D eigenvalue weighted by molar-refractivity contribution is -0.146. The van der Waals surface area contributed by atoms with Crippen molar-refractivity contribution in [2.75, 3.05) is 26.3 Å². The quantitative estimate of drug-likeness (QED) is 0.470. The number of carbonyl (C=O) groups excluding carboxylic acids is 1. The van der Waals surface area contributed by atoms with Gasteiger partial charge in [-0.2, -0.15) is 5.26 Å². The van der Waals surface area contributed by atoms with Gasteiger partial charge in [-0.3, -0.25) is 9.69 Å². The van der Waals surface area contributed by atoms with Crippen LogP contribution in [-0.4, -0.2) is 63.6 Å². The first-order valence-electron chi connectivity index (χ1n) is 12.4. The van der Waals surface area contributed by atoms with Crippen LogP contribution in [0.2, 0.25) is 0 Å². The highest BCUT2D eigenvalue weighted by Gasteiger charge is 2.38. The minimum absolute atomic E-state index is 0. The first kappa shape index (κ1) is 28.7. The molecule has 2 aromatic carbocycles. The van der Waals surface area contributed by atoms with Crippen molar-refractivity contribution >= 4 is 30.7 Å². The average Bonchev–Trinajstić information content (AvgIpc) is 3.32. The predicted octanol–water partition coefficient (Wildman–Crippen LogP) is 4.08. The van der Waals surface area contributed by atoms with Crippen LogP contribution < -0.4 is 0 Å². The zero-order valence-corrected chi connectivity index (χ0v) is 22.4. The van der Waals surface area contributed by atoms with Gasteiger partial charge in [-0.25, -0.2) is 4.98 Å². The van der Waals surface area contributed by atoms with E-state index < -0.39 is 0 Å². The Morgan fingerprint density at radius 2 is 1.78 bits per heavy atom. The molecule has 2 aliphatic rings. The molecular formula is C28H33Cl2N5O2. The molecule has 0 aliphatic carbocycles. The van der Waals surface area contributed by atoms with Crippen LogP contribution in [0.3, 0.4) is 0 Å². The Balaban J connectivity index is 0.00000190. The van der Waals surface area contributed by atoms with Crippen molar-refractivity contribution in [2.24, 2.45) is 0 Å². The summed E-state index contributed by atoms with van der Waals surface area (Å²) < 4.78 is 8.13. The molecule has 2 bridgehead atoms. The Labute approximate surface area is 230 Å². The van der Waals surface area contributed by atoms with E-state index in [0.717, 1.165) is 37.1 Å². The number of nitrogens with zero attached hydrogens (tertiary/aromatic N) is 5. The average molecular weight is 543 g/mol. The lowest BCUT2D eigenvalue weighted by atomic mass is 10.0. The van der Waals surface area contributed by atoms with Gasteiger partial charge in [0, 0.05) is 39.0 Å². The number of piperazine rings is 1. The minimum Gasteiger partial charge on any atom is -0.379 e. The van der Waals surface area contributed by atoms with Crippen molar-refractivity contribution in [1.29, 1.82) is 5.26 Å². The topological polar surface area (TPSA) is 74.4 Å². The molecule has 2 atom stereocenters. The monoisotopic (exact) mass is 541 g/mol. The number of amides is 1. The molecule has 0 radical (unpaired) electrons. The van der Waals surface area contributed by atoms with Gasteiger partial charge in [-0.15, -0.1) is 24.8 Å². The number of ether oxygens (including phenoxy) is 1. The van der Waals surface area contributed by atoms with Crippen molar-refractivity contribution in [3.05, 3.63) is 89.5 Å². The van der Waals surface area contributed by atoms with Gasteiger partial charge in [0.2, 0.25) is 5.91 Å². The molecule has 1 amide bonds. The summed E-state index contributed by atoms with van der Waals surface area (Å²) in [6.45, 7) is 4.19. The van der Waals surface area contributed by atoms with Crippen LogP contribution in [0, 0.1) is 11.3 Å². The van der Waals surface area contributed by atoms with Crippen LogP contribution in [-0.2, 0) is 29.0 Å². The number of aromatic nitrogens is 2. The molecule has 3 aromatic rings. The van der Waals surface area contributed by atoms with E-state index in [-0.39, 0.29) is 42.8 Å². The van der Waals surface area contributed by atoms with Gasteiger partial charge in [0.25, 0.3) is 0 Å². The molecule has 0 N–H and O–H groups in total. The largest absolute Gasteiger partial charge is 0.379 e. The molecule has 1 aromatic heterocycles. The molecule has 0 saturated carbocycles. The molecular weight excluding hydrogens is 509 g/mol. The maximum absolute atomic E-state index is 13.7. The highest BCUT2D eigenvalue weighted by molar-refractivity contribution is 5.85. The van der Waals surface area contributed by atoms with Gasteiger partial charge < -0.3 is 14.2 Å². The second kappa shape index (κ2) is 13.6. The fourth-order valence-corrected chi connectivity index (χ4v) is 5.16. The molecule has 0 spiro atoms. The smallest absolute Gasteiger partial charge is 0.240 e. The van der Waals surface area contributed by atoms with Crippen LogP contribution in [0.1, 0.15) is 35.2 Å². The number of nitriles is 1. The summed E-state index contributed by atoms with van der Waals surface area (Å²) >= 11 is 0. The lowest BCUT2D eigenvalue weighted by Gasteiger charge is -2.43. The van der Waals surface area contributed by atoms with Crippen LogP contribution in [0.4, 0.5) is 0 Å². The van der Waals surface area contributed by atoms with Crippen molar-refractivity contribution in [1.82, 2.24) is 19.4 Å². The van der Waals surface area contributed by atoms with Gasteiger partial charge >= 0.3 is 0 Å². The number of carbonyl (C=O) groups is 1. The second-order valence-corrected chi connectivity index (χ2v) is 9.40. The van der Waals surface area contributed by atoms with Gasteiger partial charge in [-0.1, -0.05) is 42.5 Å². The van der Waals surface area contributed by atoms with E-state index in [1.54, 1.807) is 0 Å². The Morgan fingerprint density at radius 3 is 2.54 bits per heavy atom. The van der Waals surface area contributed by atoms with E-state index in [4.69, 9.17) is 10.00 Å². The number of hydrogen-bond donors (Lipinski definition) is 0. The standard InChI is InChI=1S/C28H31N5O2.2ClH/c29-16-23-8-10-24(11-9-23)18-32-21-30-17-26(32)19-31-12-13-33-25(15-22-5-2-1-3-6-22)20-35-14-4-7-27(31)28(33)34;;/h1-3,5-6,8-11,17,21,25,27H,4,7,12-15,18-20H2;2*1H. The molecule has 5 rings (SSSR count). The molecule has 7 nitrogen and oxygen atoms in total. The first-order valence-corrected chi connectivity index (χ1v) is 12.4. The Morgan fingerprint density at radius 1 is 1.00 bits per heavy atom. The summed E-state index contributed by atoms with van der Waals surface area (Å²) in [6.07, 6.45) is 6.24. The fraction of sp³-hybridized carbons (Fsp3) is 0.393. The molecule has 3 heterocycles. The third kappa shape index (κ3) is 6.91. The number of rotatable bonds is 6. The van der Waals surface area contributed by atoms with Crippen LogP contribution in [0.15, 0.2) is 67.1 Å². The highest BCUT2D eigenvalue weighted by atomic mass is 35.5. The summed E-state index contributed by atoms with van der Waals surface area (Å²) in [6, 6.07) is 20.1. The second-order valence-electron chi connectivity index (χ2n) is 9.40. The number of halogens is 2. The van der Waals surface area contributed by atoms with Gasteiger partial charge in [0.15, 0.2) is 0 Å². The van der Waals surface area contributed by atoms with E-state index in [1.165, 1.54) is 5.56 Å². The molecule has 9 heteroatoms. The molecule has 2 saturated heterocycles. The van der Waals surface area contributed by atoms with E-state index >= 15 is 0 Å². The number of benzene rings is 2. The van der Waals surface area contributed by atoms with Crippen molar-refractivity contribution in [3.63, 3.8) is 0 Å². The fourth-order valence-electron chi connectivity index (χ4n) is 5.16. The van der Waals surface area contributed by atoms with Crippen molar-refractivity contribution < 1.29 is 9.53 Å². The zero-order chi connectivity index (χ0) is 24.0. The molecule has 196 valence electrons. The molecule has 2 unspecified atom stereocenters. The van der Waals surface area contributed by atoms with Crippen molar-refractivity contribution in [3.8, 4) is 6.07 Å². The zero-order valence-electron chi connectivity index (χ0n) is 20.7. The van der Waals surface area contributed by atoms with E-state index in [0.29, 0.717) is 38.4 Å². The third-order valence-electron chi connectivity index (χ3n) is 7.07. The number of imidazole rings is 1. The summed E-state index contributed by atoms with van der Waals surface area (Å²) in [4.78, 5) is 22.5. The Bertz CT molecular complexity index is 1180. The summed E-state index contributed by atoms with van der Waals surface area (Å²) in [5.74, 6) is 0.223. The maximum Gasteiger partial charge on any atom is 0.240 e. The van der Waals surface area contributed by atoms with Crippen molar-refractivity contribution in [2.45, 2.75) is 44.4 Å². The number of hydrogen-bond acceptors (Lipinski definition) is 5. The van der Waals surface area contributed by atoms with Gasteiger partial charge in [-0.05, 0) is 42.5 Å². The van der Waals surface area contributed by atoms with E-state index in [9.17, 15) is 4.79 Å². The van der Waals surface area contributed by atoms with E-state index in [2.05, 4.69) is 49.7 Å². The Kier molecular flexibility index (Phi) is 10.5. The third-order valence-corrected chi connectivity index (χ3v) is 7.07. The SMILES string of the molecule is Cl.Cl.N#Cc1ccc(Cn2cncc2CN2CCN3C(=O)C2CCCOCC3Cc2ccccc2)cc1. The normalized spacial score (nSPS) is 20.0. The Hall–Kier alpha value is -2.89. The van der Waals surface area contributed by atoms with Gasteiger partial charge in [0.1, 0.15) is 0 Å². The lowest BCUT2D eigenvalue weighted by Crippen LogP contribution is -2.60. The van der Waals surface area contributed by atoms with Crippen LogP contribution in [0.5, 0.6) is 0 Å². The molecule has 2 fully saturated rings. The number of fused-ring (bicyclic) bond motifs is 2. The molecule has 2 aliphatic heterocycles. The maximum atomic E-state index is 13.7. The highest BCUT2D eigenvalue weighted by Crippen LogP contribution is 2.24. The minimum atomic E-state index is -0.137. The predicted molar refractivity (Wildman–Crippen MR) is 147 cm³/mol. The van der Waals surface area contributed by atoms with Crippen LogP contribution in [0.25, 0.3) is 0 Å².